The fraction of sp³-hybridized carbons (Fsp3) is 0.0476. The molecule has 3 aliphatic carbocycles. The maximum atomic E-state index is 2.51. The van der Waals surface area contributed by atoms with E-state index >= 15 is 0 Å². The fourth-order valence-electron chi connectivity index (χ4n) is 11.8. The average molecular weight is 814 g/mol. The molecule has 3 aliphatic rings. The van der Waals surface area contributed by atoms with Crippen LogP contribution in [0.4, 0.5) is 17.1 Å². The second-order valence-electron chi connectivity index (χ2n) is 17.7. The Labute approximate surface area is 375 Å². The molecular formula is C63H43N. The van der Waals surface area contributed by atoms with Gasteiger partial charge in [-0.2, -0.15) is 0 Å². The molecule has 0 bridgehead atoms. The highest BCUT2D eigenvalue weighted by atomic mass is 15.1. The summed E-state index contributed by atoms with van der Waals surface area (Å²) in [6, 6.07) is 90.4. The van der Waals surface area contributed by atoms with Gasteiger partial charge in [0.15, 0.2) is 0 Å². The van der Waals surface area contributed by atoms with Gasteiger partial charge in [-0.25, -0.2) is 0 Å². The average Bonchev–Trinajstić information content (AvgIpc) is 3.94. The van der Waals surface area contributed by atoms with Gasteiger partial charge in [-0.3, -0.25) is 0 Å². The van der Waals surface area contributed by atoms with Gasteiger partial charge in [0.2, 0.25) is 0 Å². The zero-order chi connectivity index (χ0) is 42.4. The largest absolute Gasteiger partial charge is 0.310 e. The van der Waals surface area contributed by atoms with Gasteiger partial charge in [-0.1, -0.05) is 206 Å². The first-order chi connectivity index (χ1) is 31.6. The number of hydrogen-bond acceptors (Lipinski definition) is 1. The van der Waals surface area contributed by atoms with Gasteiger partial charge in [0.1, 0.15) is 0 Å². The number of rotatable bonds is 6. The molecule has 0 N–H and O–H groups in total. The second kappa shape index (κ2) is 14.0. The van der Waals surface area contributed by atoms with Gasteiger partial charge in [0.05, 0.1) is 5.41 Å². The molecule has 0 fully saturated rings. The minimum absolute atomic E-state index is 0.333. The quantitative estimate of drug-likeness (QED) is 0.162. The number of anilines is 3. The first kappa shape index (κ1) is 36.6. The molecule has 0 saturated carbocycles. The molecule has 10 aromatic carbocycles. The molecule has 0 saturated heterocycles. The standard InChI is InChI=1S/C63H43N/c1-62(44-20-6-3-7-21-44)56-28-14-10-24-50(56)54-38-36-46(40-60(54)62)64(45-34-32-43(33-35-45)49-23-9-8-22-48(49)42-18-4-2-5-19-42)47-37-39-55-53-27-13-17-31-59(53)63(61(55)41-47)57-29-15-11-25-51(57)52-26-12-16-30-58(52)63/h2-41H,1H3. The van der Waals surface area contributed by atoms with Crippen molar-refractivity contribution < 1.29 is 0 Å². The molecule has 0 heterocycles. The molecule has 1 atom stereocenters. The van der Waals surface area contributed by atoms with Crippen LogP contribution < -0.4 is 4.90 Å². The molecule has 1 heteroatoms. The number of hydrogen-bond donors (Lipinski definition) is 0. The van der Waals surface area contributed by atoms with E-state index in [1.807, 2.05) is 0 Å². The Morgan fingerprint density at radius 2 is 0.625 bits per heavy atom. The van der Waals surface area contributed by atoms with Crippen molar-refractivity contribution in [3.8, 4) is 55.6 Å². The number of fused-ring (bicyclic) bond motifs is 13. The monoisotopic (exact) mass is 813 g/mol. The van der Waals surface area contributed by atoms with E-state index in [0.717, 1.165) is 17.1 Å². The van der Waals surface area contributed by atoms with Crippen LogP contribution in [0.25, 0.3) is 55.6 Å². The van der Waals surface area contributed by atoms with Gasteiger partial charge in [-0.15, -0.1) is 0 Å². The summed E-state index contributed by atoms with van der Waals surface area (Å²) in [5, 5.41) is 0. The van der Waals surface area contributed by atoms with Gasteiger partial charge >= 0.3 is 0 Å². The third-order valence-electron chi connectivity index (χ3n) is 14.6. The SMILES string of the molecule is CC1(c2ccccc2)c2ccccc2-c2ccc(N(c3ccc(-c4ccccc4-c4ccccc4)cc3)c3ccc4c(c3)C3(c5ccccc5-c5ccccc53)c3ccccc3-4)cc21. The molecule has 0 amide bonds. The van der Waals surface area contributed by atoms with Crippen molar-refractivity contribution in [3.05, 3.63) is 282 Å². The highest BCUT2D eigenvalue weighted by Gasteiger charge is 2.51. The van der Waals surface area contributed by atoms with E-state index in [1.54, 1.807) is 0 Å². The number of nitrogens with zero attached hydrogens (tertiary/aromatic N) is 1. The number of benzene rings is 10. The Bertz CT molecular complexity index is 3390. The predicted molar refractivity (Wildman–Crippen MR) is 266 cm³/mol. The van der Waals surface area contributed by atoms with Crippen LogP contribution in [0.5, 0.6) is 0 Å². The fourth-order valence-corrected chi connectivity index (χ4v) is 11.8. The molecule has 10 aromatic rings. The van der Waals surface area contributed by atoms with Crippen LogP contribution in [-0.4, -0.2) is 0 Å². The van der Waals surface area contributed by atoms with E-state index < -0.39 is 5.41 Å². The molecule has 1 spiro atoms. The third kappa shape index (κ3) is 5.07. The topological polar surface area (TPSA) is 3.24 Å². The lowest BCUT2D eigenvalue weighted by molar-refractivity contribution is 0.714. The van der Waals surface area contributed by atoms with Crippen molar-refractivity contribution in [2.24, 2.45) is 0 Å². The van der Waals surface area contributed by atoms with Crippen molar-refractivity contribution in [2.45, 2.75) is 17.8 Å². The summed E-state index contributed by atoms with van der Waals surface area (Å²) in [5.74, 6) is 0. The van der Waals surface area contributed by atoms with Crippen molar-refractivity contribution in [1.29, 1.82) is 0 Å². The molecule has 0 radical (unpaired) electrons. The lowest BCUT2D eigenvalue weighted by Gasteiger charge is -2.33. The minimum atomic E-state index is -0.447. The Kier molecular flexibility index (Phi) is 8.02. The Morgan fingerprint density at radius 3 is 1.16 bits per heavy atom. The zero-order valence-electron chi connectivity index (χ0n) is 35.5. The van der Waals surface area contributed by atoms with Gasteiger partial charge < -0.3 is 4.90 Å². The second-order valence-corrected chi connectivity index (χ2v) is 17.7. The van der Waals surface area contributed by atoms with E-state index in [2.05, 4.69) is 254 Å². The molecule has 1 unspecified atom stereocenters. The van der Waals surface area contributed by atoms with Crippen LogP contribution in [0, 0.1) is 0 Å². The van der Waals surface area contributed by atoms with Crippen LogP contribution in [0.3, 0.4) is 0 Å². The van der Waals surface area contributed by atoms with E-state index in [4.69, 9.17) is 0 Å². The Morgan fingerprint density at radius 1 is 0.266 bits per heavy atom. The van der Waals surface area contributed by atoms with Gasteiger partial charge in [0, 0.05) is 22.5 Å². The first-order valence-electron chi connectivity index (χ1n) is 22.4. The van der Waals surface area contributed by atoms with Crippen molar-refractivity contribution in [1.82, 2.24) is 0 Å². The van der Waals surface area contributed by atoms with Gasteiger partial charge in [0.25, 0.3) is 0 Å². The van der Waals surface area contributed by atoms with Gasteiger partial charge in [-0.05, 0) is 138 Å². The van der Waals surface area contributed by atoms with Crippen molar-refractivity contribution in [3.63, 3.8) is 0 Å². The molecule has 0 aliphatic heterocycles. The van der Waals surface area contributed by atoms with Crippen LogP contribution in [0.1, 0.15) is 45.9 Å². The van der Waals surface area contributed by atoms with E-state index in [1.165, 1.54) is 94.6 Å². The highest BCUT2D eigenvalue weighted by molar-refractivity contribution is 5.97. The van der Waals surface area contributed by atoms with E-state index in [0.29, 0.717) is 0 Å². The molecule has 0 aromatic heterocycles. The Hall–Kier alpha value is -8.00. The maximum absolute atomic E-state index is 2.51. The lowest BCUT2D eigenvalue weighted by Crippen LogP contribution is -2.26. The van der Waals surface area contributed by atoms with Crippen LogP contribution in [0.15, 0.2) is 243 Å². The molecule has 300 valence electrons. The summed E-state index contributed by atoms with van der Waals surface area (Å²) >= 11 is 0. The zero-order valence-corrected chi connectivity index (χ0v) is 35.5. The summed E-state index contributed by atoms with van der Waals surface area (Å²) in [4.78, 5) is 2.49. The summed E-state index contributed by atoms with van der Waals surface area (Å²) in [5.41, 5.74) is 24.6. The first-order valence-corrected chi connectivity index (χ1v) is 22.4. The minimum Gasteiger partial charge on any atom is -0.310 e. The predicted octanol–water partition coefficient (Wildman–Crippen LogP) is 16.2. The van der Waals surface area contributed by atoms with Crippen molar-refractivity contribution in [2.75, 3.05) is 4.90 Å². The highest BCUT2D eigenvalue weighted by Crippen LogP contribution is 2.63. The summed E-state index contributed by atoms with van der Waals surface area (Å²) in [6.45, 7) is 2.41. The van der Waals surface area contributed by atoms with E-state index in [-0.39, 0.29) is 5.41 Å². The maximum Gasteiger partial charge on any atom is 0.0726 e. The van der Waals surface area contributed by atoms with Crippen molar-refractivity contribution >= 4 is 17.1 Å². The third-order valence-corrected chi connectivity index (χ3v) is 14.6. The summed E-state index contributed by atoms with van der Waals surface area (Å²) in [7, 11) is 0. The lowest BCUT2D eigenvalue weighted by atomic mass is 9.70. The molecule has 64 heavy (non-hydrogen) atoms. The summed E-state index contributed by atoms with van der Waals surface area (Å²) in [6.07, 6.45) is 0. The van der Waals surface area contributed by atoms with Crippen LogP contribution in [-0.2, 0) is 10.8 Å². The molecule has 1 nitrogen and oxygen atoms in total. The smallest absolute Gasteiger partial charge is 0.0726 e. The molecular weight excluding hydrogens is 771 g/mol. The van der Waals surface area contributed by atoms with E-state index in [9.17, 15) is 0 Å². The summed E-state index contributed by atoms with van der Waals surface area (Å²) < 4.78 is 0. The normalized spacial score (nSPS) is 15.5. The Balaban J connectivity index is 1.04. The molecule has 13 rings (SSSR count). The van der Waals surface area contributed by atoms with Crippen LogP contribution in [0.2, 0.25) is 0 Å². The van der Waals surface area contributed by atoms with Crippen LogP contribution >= 0.6 is 0 Å².